The Kier molecular flexibility index (Phi) is 1.37. The third kappa shape index (κ3) is 1.15. The summed E-state index contributed by atoms with van der Waals surface area (Å²) < 4.78 is 8.73. The molecule has 2 rings (SSSR count). The molecule has 1 aromatic carbocycles. The molecule has 1 aromatic heterocycles. The van der Waals surface area contributed by atoms with Crippen LogP contribution in [0.2, 0.25) is 5.02 Å². The molecule has 0 nitrogen and oxygen atoms in total. The number of thiophene rings is 1. The van der Waals surface area contributed by atoms with Crippen LogP contribution in [-0.4, -0.2) is 0 Å². The van der Waals surface area contributed by atoms with E-state index in [1.165, 1.54) is 11.3 Å². The van der Waals surface area contributed by atoms with E-state index in [0.717, 1.165) is 20.7 Å². The molecule has 0 atom stereocenters. The molecule has 0 saturated heterocycles. The number of hydrogen-bond donors (Lipinski definition) is 0. The van der Waals surface area contributed by atoms with Crippen molar-refractivity contribution in [3.8, 4) is 0 Å². The van der Waals surface area contributed by atoms with Gasteiger partial charge in [-0.15, -0.1) is 11.3 Å². The minimum atomic E-state index is 0.632. The maximum Gasteiger partial charge on any atom is 0.0743 e. The number of fused-ring (bicyclic) bond motifs is 1. The molecule has 0 aliphatic rings. The summed E-state index contributed by atoms with van der Waals surface area (Å²) in [6.07, 6.45) is 0. The van der Waals surface area contributed by atoms with Crippen molar-refractivity contribution in [1.29, 1.82) is 0 Å². The lowest BCUT2D eigenvalue weighted by molar-refractivity contribution is 1.60. The second-order valence-electron chi connectivity index (χ2n) is 2.47. The fraction of sp³-hybridized carbons (Fsp3) is 0.111. The van der Waals surface area contributed by atoms with E-state index >= 15 is 0 Å². The van der Waals surface area contributed by atoms with Gasteiger partial charge in [-0.25, -0.2) is 0 Å². The zero-order valence-electron chi connectivity index (χ0n) is 7.02. The molecule has 0 amide bonds. The normalized spacial score (nSPS) is 12.0. The van der Waals surface area contributed by atoms with E-state index in [1.807, 2.05) is 25.1 Å². The zero-order valence-corrected chi connectivity index (χ0v) is 7.59. The van der Waals surface area contributed by atoms with Gasteiger partial charge in [-0.05, 0) is 41.4 Å². The molecule has 2 heteroatoms. The van der Waals surface area contributed by atoms with Crippen molar-refractivity contribution in [3.05, 3.63) is 34.1 Å². The van der Waals surface area contributed by atoms with Gasteiger partial charge in [0.05, 0.1) is 1.37 Å². The Hall–Kier alpha value is -0.530. The SMILES string of the molecule is [2H]c1sc2ccc(Cl)cc2c1C. The van der Waals surface area contributed by atoms with Crippen LogP contribution in [0, 0.1) is 6.92 Å². The Bertz CT molecular complexity index is 433. The molecule has 1 heterocycles. The number of hydrogen-bond acceptors (Lipinski definition) is 1. The molecule has 0 saturated carbocycles. The first-order valence-corrected chi connectivity index (χ1v) is 4.53. The molecule has 0 aliphatic carbocycles. The van der Waals surface area contributed by atoms with E-state index in [1.54, 1.807) is 0 Å². The third-order valence-electron chi connectivity index (χ3n) is 1.66. The molecule has 0 N–H and O–H groups in total. The molecule has 0 aliphatic heterocycles. The van der Waals surface area contributed by atoms with Crippen LogP contribution in [0.5, 0.6) is 0 Å². The molecule has 2 aromatic rings. The Labute approximate surface area is 75.8 Å². The Balaban J connectivity index is 2.88. The van der Waals surface area contributed by atoms with E-state index < -0.39 is 0 Å². The number of benzene rings is 1. The van der Waals surface area contributed by atoms with E-state index in [4.69, 9.17) is 13.0 Å². The van der Waals surface area contributed by atoms with E-state index in [9.17, 15) is 0 Å². The Morgan fingerprint density at radius 2 is 2.36 bits per heavy atom. The summed E-state index contributed by atoms with van der Waals surface area (Å²) in [5.74, 6) is 0. The van der Waals surface area contributed by atoms with Gasteiger partial charge in [0, 0.05) is 9.72 Å². The Morgan fingerprint density at radius 3 is 3.18 bits per heavy atom. The largest absolute Gasteiger partial charge is 0.144 e. The van der Waals surface area contributed by atoms with Crippen LogP contribution in [0.25, 0.3) is 10.1 Å². The second kappa shape index (κ2) is 2.50. The molecule has 0 fully saturated rings. The molecule has 0 bridgehead atoms. The highest BCUT2D eigenvalue weighted by Crippen LogP contribution is 2.27. The van der Waals surface area contributed by atoms with Gasteiger partial charge < -0.3 is 0 Å². The summed E-state index contributed by atoms with van der Waals surface area (Å²) in [6, 6.07) is 5.74. The lowest BCUT2D eigenvalue weighted by Crippen LogP contribution is -1.66. The first kappa shape index (κ1) is 6.04. The molecule has 0 spiro atoms. The predicted molar refractivity (Wildman–Crippen MR) is 51.6 cm³/mol. The molecule has 56 valence electrons. The zero-order chi connectivity index (χ0) is 8.72. The average molecular weight is 184 g/mol. The van der Waals surface area contributed by atoms with Gasteiger partial charge in [0.15, 0.2) is 0 Å². The molecular weight excluding hydrogens is 176 g/mol. The highest BCUT2D eigenvalue weighted by atomic mass is 35.5. The summed E-state index contributed by atoms with van der Waals surface area (Å²) in [5.41, 5.74) is 1.03. The lowest BCUT2D eigenvalue weighted by atomic mass is 10.2. The van der Waals surface area contributed by atoms with Crippen LogP contribution >= 0.6 is 22.9 Å². The smallest absolute Gasteiger partial charge is 0.0743 e. The number of rotatable bonds is 0. The van der Waals surface area contributed by atoms with Crippen LogP contribution in [-0.2, 0) is 0 Å². The molecule has 0 unspecified atom stereocenters. The topological polar surface area (TPSA) is 0 Å². The lowest BCUT2D eigenvalue weighted by Gasteiger charge is -1.91. The number of halogens is 1. The summed E-state index contributed by atoms with van der Waals surface area (Å²) in [7, 11) is 0. The van der Waals surface area contributed by atoms with Crippen molar-refractivity contribution in [2.24, 2.45) is 0 Å². The van der Waals surface area contributed by atoms with E-state index in [-0.39, 0.29) is 0 Å². The van der Waals surface area contributed by atoms with Crippen molar-refractivity contribution in [1.82, 2.24) is 0 Å². The van der Waals surface area contributed by atoms with Gasteiger partial charge in [-0.3, -0.25) is 0 Å². The van der Waals surface area contributed by atoms with Crippen molar-refractivity contribution >= 4 is 33.0 Å². The minimum absolute atomic E-state index is 0.632. The van der Waals surface area contributed by atoms with Crippen molar-refractivity contribution in [2.45, 2.75) is 6.92 Å². The molecule has 11 heavy (non-hydrogen) atoms. The van der Waals surface area contributed by atoms with Crippen LogP contribution in [0.3, 0.4) is 0 Å². The highest BCUT2D eigenvalue weighted by molar-refractivity contribution is 7.17. The van der Waals surface area contributed by atoms with Gasteiger partial charge in [0.1, 0.15) is 0 Å². The van der Waals surface area contributed by atoms with Gasteiger partial charge in [0.2, 0.25) is 0 Å². The second-order valence-corrected chi connectivity index (χ2v) is 3.75. The Morgan fingerprint density at radius 1 is 1.55 bits per heavy atom. The van der Waals surface area contributed by atoms with Crippen molar-refractivity contribution < 1.29 is 1.37 Å². The maximum atomic E-state index is 7.59. The maximum absolute atomic E-state index is 7.59. The van der Waals surface area contributed by atoms with Gasteiger partial charge in [0.25, 0.3) is 0 Å². The standard InChI is InChI=1S/C9H7ClS/c1-6-5-11-9-3-2-7(10)4-8(6)9/h2-5H,1H3/i5D. The fourth-order valence-electron chi connectivity index (χ4n) is 1.07. The first-order valence-electron chi connectivity index (χ1n) is 3.84. The quantitative estimate of drug-likeness (QED) is 0.582. The molecular formula is C9H7ClS. The number of aryl methyl sites for hydroxylation is 1. The highest BCUT2D eigenvalue weighted by Gasteiger charge is 1.98. The van der Waals surface area contributed by atoms with Gasteiger partial charge in [-0.1, -0.05) is 11.6 Å². The first-order chi connectivity index (χ1) is 5.68. The monoisotopic (exact) mass is 183 g/mol. The predicted octanol–water partition coefficient (Wildman–Crippen LogP) is 3.86. The van der Waals surface area contributed by atoms with Crippen LogP contribution < -0.4 is 0 Å². The summed E-state index contributed by atoms with van der Waals surface area (Å²) in [5, 5.41) is 2.48. The van der Waals surface area contributed by atoms with Crippen LogP contribution in [0.1, 0.15) is 6.93 Å². The molecule has 0 radical (unpaired) electrons. The van der Waals surface area contributed by atoms with Crippen LogP contribution in [0.15, 0.2) is 23.6 Å². The van der Waals surface area contributed by atoms with Gasteiger partial charge in [-0.2, -0.15) is 0 Å². The van der Waals surface area contributed by atoms with E-state index in [0.29, 0.717) is 5.36 Å². The average Bonchev–Trinajstić information content (AvgIpc) is 2.31. The van der Waals surface area contributed by atoms with Crippen LogP contribution in [0.4, 0.5) is 0 Å². The van der Waals surface area contributed by atoms with Crippen molar-refractivity contribution in [3.63, 3.8) is 0 Å². The fourth-order valence-corrected chi connectivity index (χ4v) is 2.07. The summed E-state index contributed by atoms with van der Waals surface area (Å²) in [4.78, 5) is 0. The summed E-state index contributed by atoms with van der Waals surface area (Å²) in [6.45, 7) is 1.96. The third-order valence-corrected chi connectivity index (χ3v) is 2.88. The van der Waals surface area contributed by atoms with Crippen molar-refractivity contribution in [2.75, 3.05) is 0 Å². The van der Waals surface area contributed by atoms with E-state index in [2.05, 4.69) is 0 Å². The minimum Gasteiger partial charge on any atom is -0.144 e. The van der Waals surface area contributed by atoms with Gasteiger partial charge >= 0.3 is 0 Å². The summed E-state index contributed by atoms with van der Waals surface area (Å²) >= 11 is 7.34.